The zero-order valence-electron chi connectivity index (χ0n) is 7.59. The molecule has 0 bridgehead atoms. The number of carbonyl (C=O) groups is 1. The summed E-state index contributed by atoms with van der Waals surface area (Å²) in [6.07, 6.45) is 2.06. The van der Waals surface area contributed by atoms with Gasteiger partial charge in [-0.3, -0.25) is 4.90 Å². The fourth-order valence-corrected chi connectivity index (χ4v) is 1.42. The Morgan fingerprint density at radius 3 is 2.50 bits per heavy atom. The van der Waals surface area contributed by atoms with Crippen molar-refractivity contribution >= 4 is 28.7 Å². The van der Waals surface area contributed by atoms with Gasteiger partial charge in [-0.15, -0.1) is 0 Å². The van der Waals surface area contributed by atoms with Crippen molar-refractivity contribution in [1.82, 2.24) is 4.90 Å². The SMILES string of the molecule is CCCCN(C(=O)O)C(I)CC. The lowest BCUT2D eigenvalue weighted by Gasteiger charge is -2.23. The van der Waals surface area contributed by atoms with Gasteiger partial charge >= 0.3 is 6.09 Å². The third kappa shape index (κ3) is 4.13. The van der Waals surface area contributed by atoms with Crippen molar-refractivity contribution < 1.29 is 9.90 Å². The summed E-state index contributed by atoms with van der Waals surface area (Å²) in [7, 11) is 0. The summed E-state index contributed by atoms with van der Waals surface area (Å²) >= 11 is 2.17. The molecular formula is C8H16INO2. The molecule has 1 unspecified atom stereocenters. The summed E-state index contributed by atoms with van der Waals surface area (Å²) in [4.78, 5) is 12.2. The second kappa shape index (κ2) is 6.51. The van der Waals surface area contributed by atoms with Crippen molar-refractivity contribution in [3.8, 4) is 0 Å². The number of hydrogen-bond acceptors (Lipinski definition) is 1. The van der Waals surface area contributed by atoms with Crippen molar-refractivity contribution in [2.45, 2.75) is 37.2 Å². The van der Waals surface area contributed by atoms with Crippen molar-refractivity contribution in [3.05, 3.63) is 0 Å². The predicted molar refractivity (Wildman–Crippen MR) is 57.7 cm³/mol. The smallest absolute Gasteiger partial charge is 0.408 e. The first-order valence-corrected chi connectivity index (χ1v) is 5.51. The highest BCUT2D eigenvalue weighted by Gasteiger charge is 2.17. The van der Waals surface area contributed by atoms with E-state index in [-0.39, 0.29) is 4.05 Å². The van der Waals surface area contributed by atoms with Gasteiger partial charge in [0.05, 0.1) is 4.05 Å². The number of unbranched alkanes of at least 4 members (excludes halogenated alkanes) is 1. The normalized spacial score (nSPS) is 12.6. The van der Waals surface area contributed by atoms with Crippen LogP contribution in [-0.2, 0) is 0 Å². The number of nitrogens with zero attached hydrogens (tertiary/aromatic N) is 1. The Kier molecular flexibility index (Phi) is 6.51. The van der Waals surface area contributed by atoms with Crippen LogP contribution in [0.2, 0.25) is 0 Å². The minimum absolute atomic E-state index is 0.117. The van der Waals surface area contributed by atoms with E-state index < -0.39 is 6.09 Å². The molecule has 1 atom stereocenters. The Morgan fingerprint density at radius 2 is 2.17 bits per heavy atom. The van der Waals surface area contributed by atoms with E-state index in [2.05, 4.69) is 29.5 Å². The molecule has 1 amide bonds. The van der Waals surface area contributed by atoms with Gasteiger partial charge in [0.1, 0.15) is 0 Å². The van der Waals surface area contributed by atoms with E-state index in [0.29, 0.717) is 6.54 Å². The first-order chi connectivity index (χ1) is 5.63. The first kappa shape index (κ1) is 12.0. The van der Waals surface area contributed by atoms with Crippen LogP contribution in [0.4, 0.5) is 4.79 Å². The van der Waals surface area contributed by atoms with Gasteiger partial charge < -0.3 is 5.11 Å². The molecule has 72 valence electrons. The number of rotatable bonds is 5. The van der Waals surface area contributed by atoms with Crippen molar-refractivity contribution in [2.24, 2.45) is 0 Å². The third-order valence-corrected chi connectivity index (χ3v) is 3.23. The van der Waals surface area contributed by atoms with Crippen molar-refractivity contribution in [1.29, 1.82) is 0 Å². The van der Waals surface area contributed by atoms with Crippen LogP contribution < -0.4 is 0 Å². The van der Waals surface area contributed by atoms with E-state index in [9.17, 15) is 4.79 Å². The van der Waals surface area contributed by atoms with Gasteiger partial charge in [0, 0.05) is 6.54 Å². The molecule has 0 saturated carbocycles. The van der Waals surface area contributed by atoms with Gasteiger partial charge in [-0.25, -0.2) is 4.79 Å². The van der Waals surface area contributed by atoms with Crippen LogP contribution in [0.15, 0.2) is 0 Å². The second-order valence-electron chi connectivity index (χ2n) is 2.67. The van der Waals surface area contributed by atoms with Crippen LogP contribution in [0.25, 0.3) is 0 Å². The molecule has 0 aromatic rings. The van der Waals surface area contributed by atoms with Crippen LogP contribution in [0.5, 0.6) is 0 Å². The Hall–Kier alpha value is 0. The number of amides is 1. The maximum atomic E-state index is 10.7. The zero-order chi connectivity index (χ0) is 9.56. The number of hydrogen-bond donors (Lipinski definition) is 1. The monoisotopic (exact) mass is 285 g/mol. The van der Waals surface area contributed by atoms with Gasteiger partial charge in [-0.2, -0.15) is 0 Å². The number of alkyl halides is 1. The van der Waals surface area contributed by atoms with Gasteiger partial charge in [-0.1, -0.05) is 42.9 Å². The van der Waals surface area contributed by atoms with Gasteiger partial charge in [-0.05, 0) is 12.8 Å². The van der Waals surface area contributed by atoms with Crippen LogP contribution in [0.3, 0.4) is 0 Å². The molecule has 0 aromatic carbocycles. The van der Waals surface area contributed by atoms with Gasteiger partial charge in [0.25, 0.3) is 0 Å². The lowest BCUT2D eigenvalue weighted by Crippen LogP contribution is -2.36. The van der Waals surface area contributed by atoms with Crippen molar-refractivity contribution in [3.63, 3.8) is 0 Å². The van der Waals surface area contributed by atoms with Gasteiger partial charge in [0.15, 0.2) is 0 Å². The van der Waals surface area contributed by atoms with Crippen LogP contribution in [0.1, 0.15) is 33.1 Å². The highest BCUT2D eigenvalue weighted by Crippen LogP contribution is 2.13. The Balaban J connectivity index is 3.94. The molecular weight excluding hydrogens is 269 g/mol. The topological polar surface area (TPSA) is 40.5 Å². The molecule has 0 fully saturated rings. The molecule has 1 N–H and O–H groups in total. The molecule has 0 radical (unpaired) electrons. The highest BCUT2D eigenvalue weighted by atomic mass is 127. The maximum Gasteiger partial charge on any atom is 0.408 e. The fourth-order valence-electron chi connectivity index (χ4n) is 0.904. The molecule has 0 aliphatic carbocycles. The molecule has 0 aliphatic heterocycles. The minimum Gasteiger partial charge on any atom is -0.465 e. The number of halogens is 1. The highest BCUT2D eigenvalue weighted by molar-refractivity contribution is 14.1. The lowest BCUT2D eigenvalue weighted by molar-refractivity contribution is 0.141. The van der Waals surface area contributed by atoms with E-state index in [1.165, 1.54) is 4.90 Å². The van der Waals surface area contributed by atoms with E-state index in [1.807, 2.05) is 6.92 Å². The largest absolute Gasteiger partial charge is 0.465 e. The second-order valence-corrected chi connectivity index (χ2v) is 4.11. The quantitative estimate of drug-likeness (QED) is 0.479. The first-order valence-electron chi connectivity index (χ1n) is 4.27. The Morgan fingerprint density at radius 1 is 1.58 bits per heavy atom. The molecule has 3 nitrogen and oxygen atoms in total. The molecule has 4 heteroatoms. The van der Waals surface area contributed by atoms with Crippen LogP contribution in [0, 0.1) is 0 Å². The lowest BCUT2D eigenvalue weighted by atomic mass is 10.3. The average Bonchev–Trinajstić information content (AvgIpc) is 2.04. The molecule has 0 aliphatic rings. The average molecular weight is 285 g/mol. The molecule has 0 saturated heterocycles. The molecule has 0 heterocycles. The standard InChI is InChI=1S/C8H16INO2/c1-3-5-6-10(8(11)12)7(9)4-2/h7H,3-6H2,1-2H3,(H,11,12). The summed E-state index contributed by atoms with van der Waals surface area (Å²) in [6, 6.07) is 0. The number of carboxylic acid groups (broad SMARTS) is 1. The van der Waals surface area contributed by atoms with E-state index in [1.54, 1.807) is 0 Å². The van der Waals surface area contributed by atoms with E-state index in [0.717, 1.165) is 19.3 Å². The molecule has 0 aromatic heterocycles. The summed E-state index contributed by atoms with van der Waals surface area (Å²) in [5.74, 6) is 0. The fraction of sp³-hybridized carbons (Fsp3) is 0.875. The van der Waals surface area contributed by atoms with Crippen LogP contribution >= 0.6 is 22.6 Å². The summed E-state index contributed by atoms with van der Waals surface area (Å²) < 4.78 is 0.117. The Bertz CT molecular complexity index is 141. The summed E-state index contributed by atoms with van der Waals surface area (Å²) in [5, 5.41) is 8.82. The van der Waals surface area contributed by atoms with Crippen LogP contribution in [-0.4, -0.2) is 26.7 Å². The van der Waals surface area contributed by atoms with Gasteiger partial charge in [0.2, 0.25) is 0 Å². The zero-order valence-corrected chi connectivity index (χ0v) is 9.74. The summed E-state index contributed by atoms with van der Waals surface area (Å²) in [6.45, 7) is 4.72. The van der Waals surface area contributed by atoms with E-state index in [4.69, 9.17) is 5.11 Å². The Labute approximate surface area is 87.3 Å². The molecule has 0 spiro atoms. The molecule has 0 rings (SSSR count). The van der Waals surface area contributed by atoms with Crippen molar-refractivity contribution in [2.75, 3.05) is 6.54 Å². The minimum atomic E-state index is -0.801. The molecule has 12 heavy (non-hydrogen) atoms. The maximum absolute atomic E-state index is 10.7. The summed E-state index contributed by atoms with van der Waals surface area (Å²) in [5.41, 5.74) is 0. The van der Waals surface area contributed by atoms with E-state index >= 15 is 0 Å². The predicted octanol–water partition coefficient (Wildman–Crippen LogP) is 2.94. The third-order valence-electron chi connectivity index (χ3n) is 1.67.